The number of carbonyl (C=O) groups is 4. The summed E-state index contributed by atoms with van der Waals surface area (Å²) in [6, 6.07) is 0. The van der Waals surface area contributed by atoms with Crippen LogP contribution in [-0.2, 0) is 65.4 Å². The summed E-state index contributed by atoms with van der Waals surface area (Å²) in [7, 11) is -9.92. The lowest BCUT2D eigenvalue weighted by atomic mass is 9.99. The van der Waals surface area contributed by atoms with E-state index < -0.39 is 97.5 Å². The number of unbranched alkanes of at least 4 members (excludes halogenated alkanes) is 42. The fourth-order valence-electron chi connectivity index (χ4n) is 12.2. The molecule has 0 rings (SSSR count). The third-order valence-electron chi connectivity index (χ3n) is 18.9. The van der Waals surface area contributed by atoms with Crippen molar-refractivity contribution in [1.29, 1.82) is 0 Å². The van der Waals surface area contributed by atoms with E-state index in [2.05, 4.69) is 55.4 Å². The minimum Gasteiger partial charge on any atom is -0.462 e. The summed E-state index contributed by atoms with van der Waals surface area (Å²) in [6.07, 6.45) is 55.7. The molecule has 0 aromatic rings. The largest absolute Gasteiger partial charge is 0.472 e. The van der Waals surface area contributed by atoms with E-state index in [0.717, 1.165) is 114 Å². The molecule has 0 heterocycles. The minimum atomic E-state index is -4.96. The maximum absolute atomic E-state index is 13.1. The van der Waals surface area contributed by atoms with Crippen LogP contribution >= 0.6 is 15.6 Å². The van der Waals surface area contributed by atoms with Crippen molar-refractivity contribution in [3.8, 4) is 0 Å². The van der Waals surface area contributed by atoms with Crippen LogP contribution in [0.25, 0.3) is 0 Å². The lowest BCUT2D eigenvalue weighted by Crippen LogP contribution is -2.30. The molecule has 0 saturated heterocycles. The zero-order valence-electron chi connectivity index (χ0n) is 65.1. The van der Waals surface area contributed by atoms with Crippen molar-refractivity contribution in [2.75, 3.05) is 39.6 Å². The SMILES string of the molecule is CCC(C)CCCCCCCCCCCCCCCCCCCCC(=O)O[C@H](COC(=O)CCCCCCCCC(C)C)COP(=O)(O)OC[C@H](O)COP(=O)(O)OC[C@@H](COC(=O)CCCCCCCCCCCCCC(C)C)OC(=O)CCCCCCCCCCCCCC(C)C. The number of hydrogen-bond acceptors (Lipinski definition) is 15. The van der Waals surface area contributed by atoms with Crippen LogP contribution in [0.15, 0.2) is 0 Å². The van der Waals surface area contributed by atoms with E-state index in [1.165, 1.54) is 205 Å². The summed E-state index contributed by atoms with van der Waals surface area (Å²) >= 11 is 0. The van der Waals surface area contributed by atoms with E-state index in [1.54, 1.807) is 0 Å². The molecule has 3 N–H and O–H groups in total. The number of ether oxygens (including phenoxy) is 4. The Balaban J connectivity index is 5.17. The molecular formula is C80H156O17P2. The monoisotopic (exact) mass is 1450 g/mol. The van der Waals surface area contributed by atoms with Gasteiger partial charge in [-0.3, -0.25) is 37.3 Å². The van der Waals surface area contributed by atoms with E-state index in [4.69, 9.17) is 37.0 Å². The first-order valence-electron chi connectivity index (χ1n) is 41.2. The zero-order valence-corrected chi connectivity index (χ0v) is 66.9. The summed E-state index contributed by atoms with van der Waals surface area (Å²) in [5.74, 6) is 0.969. The van der Waals surface area contributed by atoms with E-state index in [0.29, 0.717) is 31.6 Å². The molecular weight excluding hydrogens is 1290 g/mol. The highest BCUT2D eigenvalue weighted by atomic mass is 31.2. The number of aliphatic hydroxyl groups is 1. The van der Waals surface area contributed by atoms with Gasteiger partial charge in [-0.2, -0.15) is 0 Å². The Kier molecular flexibility index (Phi) is 67.8. The Morgan fingerprint density at radius 2 is 0.485 bits per heavy atom. The van der Waals surface area contributed by atoms with Crippen molar-refractivity contribution in [1.82, 2.24) is 0 Å². The van der Waals surface area contributed by atoms with Gasteiger partial charge in [0, 0.05) is 25.7 Å². The number of rotatable bonds is 77. The van der Waals surface area contributed by atoms with Crippen LogP contribution < -0.4 is 0 Å². The summed E-state index contributed by atoms with van der Waals surface area (Å²) in [4.78, 5) is 72.9. The quantitative estimate of drug-likeness (QED) is 0.0222. The molecule has 0 radical (unpaired) electrons. The van der Waals surface area contributed by atoms with Crippen molar-refractivity contribution >= 4 is 39.5 Å². The molecule has 0 bridgehead atoms. The van der Waals surface area contributed by atoms with Crippen LogP contribution in [0.2, 0.25) is 0 Å². The standard InChI is InChI=1S/C80H156O17P2/c1-9-73(8)59-51-43-34-28-22-16-14-12-10-11-13-15-17-23-30-36-46-54-62-79(84)97-76(67-91-78(83)61-53-45-39-38-42-50-58-72(6)7)69-95-99(88,89)93-65-74(81)64-92-98(86,87)94-68-75(96-80(85)63-55-47-37-31-25-19-21-27-33-41-49-57-71(4)5)66-90-77(82)60-52-44-35-29-24-18-20-26-32-40-48-56-70(2)3/h70-76,81H,9-69H2,1-8H3,(H,86,87)(H,88,89)/t73?,74-,75-,76-/m1/s1. The Labute approximate surface area is 607 Å². The first kappa shape index (κ1) is 97.1. The number of aliphatic hydroxyl groups excluding tert-OH is 1. The van der Waals surface area contributed by atoms with Crippen LogP contribution in [0.5, 0.6) is 0 Å². The average Bonchev–Trinajstić information content (AvgIpc) is 0.970. The first-order valence-corrected chi connectivity index (χ1v) is 44.2. The fraction of sp³-hybridized carbons (Fsp3) is 0.950. The van der Waals surface area contributed by atoms with Gasteiger partial charge in [0.1, 0.15) is 19.3 Å². The van der Waals surface area contributed by atoms with Gasteiger partial charge >= 0.3 is 39.5 Å². The molecule has 0 fully saturated rings. The van der Waals surface area contributed by atoms with E-state index in [1.807, 2.05) is 0 Å². The normalized spacial score (nSPS) is 14.3. The summed E-state index contributed by atoms with van der Waals surface area (Å²) in [5, 5.41) is 10.6. The van der Waals surface area contributed by atoms with E-state index >= 15 is 0 Å². The lowest BCUT2D eigenvalue weighted by molar-refractivity contribution is -0.161. The minimum absolute atomic E-state index is 0.106. The number of phosphoric acid groups is 2. The van der Waals surface area contributed by atoms with Crippen molar-refractivity contribution in [3.05, 3.63) is 0 Å². The predicted molar refractivity (Wildman–Crippen MR) is 404 cm³/mol. The predicted octanol–water partition coefficient (Wildman–Crippen LogP) is 23.6. The van der Waals surface area contributed by atoms with Gasteiger partial charge in [0.2, 0.25) is 0 Å². The highest BCUT2D eigenvalue weighted by Crippen LogP contribution is 2.45. The Bertz CT molecular complexity index is 1940. The first-order chi connectivity index (χ1) is 47.6. The third-order valence-corrected chi connectivity index (χ3v) is 20.8. The molecule has 99 heavy (non-hydrogen) atoms. The molecule has 3 unspecified atom stereocenters. The smallest absolute Gasteiger partial charge is 0.462 e. The maximum Gasteiger partial charge on any atom is 0.472 e. The van der Waals surface area contributed by atoms with Crippen LogP contribution in [0.4, 0.5) is 0 Å². The third kappa shape index (κ3) is 72.8. The van der Waals surface area contributed by atoms with Gasteiger partial charge in [-0.25, -0.2) is 9.13 Å². The molecule has 0 aromatic heterocycles. The topological polar surface area (TPSA) is 237 Å². The van der Waals surface area contributed by atoms with Crippen molar-refractivity contribution in [2.45, 2.75) is 427 Å². The van der Waals surface area contributed by atoms with Crippen LogP contribution in [0.3, 0.4) is 0 Å². The molecule has 0 spiro atoms. The van der Waals surface area contributed by atoms with E-state index in [9.17, 15) is 43.2 Å². The van der Waals surface area contributed by atoms with Gasteiger partial charge in [0.05, 0.1) is 26.4 Å². The van der Waals surface area contributed by atoms with Gasteiger partial charge in [-0.05, 0) is 49.4 Å². The van der Waals surface area contributed by atoms with E-state index in [-0.39, 0.29) is 25.7 Å². The number of hydrogen-bond donors (Lipinski definition) is 3. The van der Waals surface area contributed by atoms with Gasteiger partial charge in [-0.1, -0.05) is 357 Å². The fourth-order valence-corrected chi connectivity index (χ4v) is 13.8. The molecule has 0 aromatic carbocycles. The molecule has 0 aliphatic heterocycles. The van der Waals surface area contributed by atoms with Gasteiger partial charge in [-0.15, -0.1) is 0 Å². The Morgan fingerprint density at radius 3 is 0.717 bits per heavy atom. The molecule has 0 saturated carbocycles. The summed E-state index contributed by atoms with van der Waals surface area (Å²) in [6.45, 7) is 14.2. The Morgan fingerprint density at radius 1 is 0.283 bits per heavy atom. The van der Waals surface area contributed by atoms with Crippen LogP contribution in [-0.4, -0.2) is 96.7 Å². The van der Waals surface area contributed by atoms with Crippen molar-refractivity contribution < 1.29 is 80.2 Å². The molecule has 0 amide bonds. The Hall–Kier alpha value is -1.94. The molecule has 17 nitrogen and oxygen atoms in total. The maximum atomic E-state index is 13.1. The number of esters is 4. The zero-order chi connectivity index (χ0) is 73.1. The number of carbonyl (C=O) groups excluding carboxylic acids is 4. The molecule has 6 atom stereocenters. The van der Waals surface area contributed by atoms with Crippen molar-refractivity contribution in [3.63, 3.8) is 0 Å². The van der Waals surface area contributed by atoms with Gasteiger partial charge in [0.25, 0.3) is 0 Å². The van der Waals surface area contributed by atoms with Crippen molar-refractivity contribution in [2.24, 2.45) is 23.7 Å². The molecule has 0 aliphatic rings. The highest BCUT2D eigenvalue weighted by Gasteiger charge is 2.30. The highest BCUT2D eigenvalue weighted by molar-refractivity contribution is 7.47. The molecule has 19 heteroatoms. The number of phosphoric ester groups is 2. The van der Waals surface area contributed by atoms with Crippen LogP contribution in [0.1, 0.15) is 409 Å². The summed E-state index contributed by atoms with van der Waals surface area (Å²) in [5.41, 5.74) is 0. The molecule has 588 valence electrons. The average molecular weight is 1450 g/mol. The molecule has 0 aliphatic carbocycles. The summed E-state index contributed by atoms with van der Waals surface area (Å²) < 4.78 is 68.6. The second-order valence-corrected chi connectivity index (χ2v) is 33.4. The van der Waals surface area contributed by atoms with Gasteiger partial charge in [0.15, 0.2) is 12.2 Å². The lowest BCUT2D eigenvalue weighted by Gasteiger charge is -2.21. The van der Waals surface area contributed by atoms with Gasteiger partial charge < -0.3 is 33.8 Å². The second-order valence-electron chi connectivity index (χ2n) is 30.5. The van der Waals surface area contributed by atoms with Crippen LogP contribution in [0, 0.1) is 23.7 Å². The second kappa shape index (κ2) is 69.1.